The Bertz CT molecular complexity index is 702. The monoisotopic (exact) mass is 292 g/mol. The minimum absolute atomic E-state index is 0.0414. The second kappa shape index (κ2) is 5.48. The molecule has 2 rings (SSSR count). The zero-order valence-electron chi connectivity index (χ0n) is 11.0. The second-order valence-corrected chi connectivity index (χ2v) is 6.04. The minimum Gasteiger partial charge on any atom is -0.397 e. The average Bonchev–Trinajstić information content (AvgIpc) is 2.39. The van der Waals surface area contributed by atoms with Gasteiger partial charge < -0.3 is 10.6 Å². The van der Waals surface area contributed by atoms with Crippen LogP contribution in [0.25, 0.3) is 0 Å². The molecule has 0 saturated heterocycles. The number of nitrogen functional groups attached to an aromatic ring is 1. The molecule has 0 bridgehead atoms. The van der Waals surface area contributed by atoms with E-state index in [0.717, 1.165) is 5.56 Å². The lowest BCUT2D eigenvalue weighted by molar-refractivity contribution is 0.598. The molecule has 0 spiro atoms. The molecular weight excluding hydrogens is 276 g/mol. The summed E-state index contributed by atoms with van der Waals surface area (Å²) in [5, 5.41) is 5.13. The minimum atomic E-state index is -3.74. The molecule has 0 saturated carbocycles. The Morgan fingerprint density at radius 1 is 1.30 bits per heavy atom. The van der Waals surface area contributed by atoms with Crippen LogP contribution in [0.3, 0.4) is 0 Å². The number of hydrogen-bond donors (Lipinski definition) is 2. The molecular formula is C13H16N4O2S. The van der Waals surface area contributed by atoms with E-state index < -0.39 is 10.0 Å². The van der Waals surface area contributed by atoms with Crippen molar-refractivity contribution in [3.05, 3.63) is 48.3 Å². The van der Waals surface area contributed by atoms with Crippen LogP contribution in [0.5, 0.6) is 0 Å². The molecule has 0 unspecified atom stereocenters. The van der Waals surface area contributed by atoms with Crippen molar-refractivity contribution in [3.8, 4) is 0 Å². The Balaban J connectivity index is 2.32. The molecule has 0 amide bonds. The third-order valence-corrected chi connectivity index (χ3v) is 3.80. The van der Waals surface area contributed by atoms with Gasteiger partial charge in [0.15, 0.2) is 0 Å². The number of rotatable bonds is 4. The van der Waals surface area contributed by atoms with Crippen molar-refractivity contribution in [1.82, 2.24) is 4.98 Å². The highest BCUT2D eigenvalue weighted by molar-refractivity contribution is 7.89. The predicted octanol–water partition coefficient (Wildman–Crippen LogP) is 0.948. The van der Waals surface area contributed by atoms with Gasteiger partial charge in [-0.25, -0.2) is 13.6 Å². The molecule has 6 nitrogen and oxygen atoms in total. The Kier molecular flexibility index (Phi) is 3.91. The fourth-order valence-electron chi connectivity index (χ4n) is 1.88. The van der Waals surface area contributed by atoms with Gasteiger partial charge in [-0.05, 0) is 29.8 Å². The van der Waals surface area contributed by atoms with Crippen molar-refractivity contribution in [1.29, 1.82) is 0 Å². The molecule has 0 fully saturated rings. The van der Waals surface area contributed by atoms with Gasteiger partial charge in [0.1, 0.15) is 0 Å². The smallest absolute Gasteiger partial charge is 0.238 e. The Hall–Kier alpha value is -2.12. The quantitative estimate of drug-likeness (QED) is 0.817. The van der Waals surface area contributed by atoms with Crippen molar-refractivity contribution in [2.24, 2.45) is 5.14 Å². The third-order valence-electron chi connectivity index (χ3n) is 2.88. The maximum absolute atomic E-state index is 11.4. The fraction of sp³-hybridized carbons (Fsp3) is 0.154. The number of aromatic nitrogens is 1. The van der Waals surface area contributed by atoms with Gasteiger partial charge in [0.2, 0.25) is 10.0 Å². The van der Waals surface area contributed by atoms with E-state index in [4.69, 9.17) is 10.9 Å². The summed E-state index contributed by atoms with van der Waals surface area (Å²) in [6.07, 6.45) is 3.44. The molecule has 7 heteroatoms. The molecule has 0 atom stereocenters. The highest BCUT2D eigenvalue weighted by Crippen LogP contribution is 2.26. The molecule has 1 aromatic carbocycles. The molecule has 1 heterocycles. The first-order valence-corrected chi connectivity index (χ1v) is 7.45. The zero-order valence-corrected chi connectivity index (χ0v) is 11.8. The number of primary sulfonamides is 1. The Labute approximate surface area is 118 Å². The maximum Gasteiger partial charge on any atom is 0.238 e. The van der Waals surface area contributed by atoms with E-state index in [1.165, 1.54) is 18.2 Å². The van der Waals surface area contributed by atoms with Crippen LogP contribution >= 0.6 is 0 Å². The van der Waals surface area contributed by atoms with E-state index in [1.54, 1.807) is 12.4 Å². The third kappa shape index (κ3) is 3.25. The highest BCUT2D eigenvalue weighted by Gasteiger charge is 2.13. The maximum atomic E-state index is 11.4. The van der Waals surface area contributed by atoms with Gasteiger partial charge in [0.25, 0.3) is 0 Å². The van der Waals surface area contributed by atoms with Gasteiger partial charge in [-0.1, -0.05) is 6.07 Å². The lowest BCUT2D eigenvalue weighted by Crippen LogP contribution is -2.19. The molecule has 0 radical (unpaired) electrons. The summed E-state index contributed by atoms with van der Waals surface area (Å²) in [6.45, 7) is 0.562. The molecule has 1 aromatic heterocycles. The van der Waals surface area contributed by atoms with E-state index in [1.807, 2.05) is 24.1 Å². The van der Waals surface area contributed by atoms with Gasteiger partial charge in [-0.15, -0.1) is 0 Å². The molecule has 106 valence electrons. The van der Waals surface area contributed by atoms with Crippen molar-refractivity contribution >= 4 is 21.4 Å². The normalized spacial score (nSPS) is 11.3. The molecule has 0 aliphatic carbocycles. The summed E-state index contributed by atoms with van der Waals surface area (Å²) < 4.78 is 22.8. The van der Waals surface area contributed by atoms with Crippen LogP contribution < -0.4 is 15.8 Å². The van der Waals surface area contributed by atoms with E-state index in [0.29, 0.717) is 17.9 Å². The van der Waals surface area contributed by atoms with Crippen molar-refractivity contribution in [2.75, 3.05) is 17.7 Å². The number of hydrogen-bond acceptors (Lipinski definition) is 5. The van der Waals surface area contributed by atoms with E-state index in [2.05, 4.69) is 4.98 Å². The van der Waals surface area contributed by atoms with E-state index in [-0.39, 0.29) is 4.90 Å². The summed E-state index contributed by atoms with van der Waals surface area (Å²) in [4.78, 5) is 5.93. The van der Waals surface area contributed by atoms with Gasteiger partial charge in [0, 0.05) is 26.0 Å². The lowest BCUT2D eigenvalue weighted by Gasteiger charge is -2.21. The summed E-state index contributed by atoms with van der Waals surface area (Å²) in [5.41, 5.74) is 7.99. The molecule has 2 aromatic rings. The highest BCUT2D eigenvalue weighted by atomic mass is 32.2. The fourth-order valence-corrected chi connectivity index (χ4v) is 2.42. The van der Waals surface area contributed by atoms with Crippen LogP contribution in [0.4, 0.5) is 11.4 Å². The topological polar surface area (TPSA) is 102 Å². The van der Waals surface area contributed by atoms with E-state index in [9.17, 15) is 8.42 Å². The van der Waals surface area contributed by atoms with Crippen molar-refractivity contribution in [2.45, 2.75) is 11.4 Å². The van der Waals surface area contributed by atoms with Gasteiger partial charge >= 0.3 is 0 Å². The molecule has 0 aliphatic heterocycles. The SMILES string of the molecule is CN(Cc1cccnc1)c1cc(S(N)(=O)=O)ccc1N. The first kappa shape index (κ1) is 14.3. The van der Waals surface area contributed by atoms with E-state index >= 15 is 0 Å². The zero-order chi connectivity index (χ0) is 14.8. The summed E-state index contributed by atoms with van der Waals surface area (Å²) in [6, 6.07) is 8.18. The van der Waals surface area contributed by atoms with Gasteiger partial charge in [-0.3, -0.25) is 4.98 Å². The number of sulfonamides is 1. The number of benzene rings is 1. The van der Waals surface area contributed by atoms with Crippen LogP contribution in [0, 0.1) is 0 Å². The lowest BCUT2D eigenvalue weighted by atomic mass is 10.2. The second-order valence-electron chi connectivity index (χ2n) is 4.48. The van der Waals surface area contributed by atoms with Gasteiger partial charge in [0.05, 0.1) is 16.3 Å². The van der Waals surface area contributed by atoms with Crippen LogP contribution in [0.15, 0.2) is 47.6 Å². The van der Waals surface area contributed by atoms with Crippen LogP contribution in [-0.2, 0) is 16.6 Å². The summed E-state index contributed by atoms with van der Waals surface area (Å²) >= 11 is 0. The van der Waals surface area contributed by atoms with Crippen molar-refractivity contribution < 1.29 is 8.42 Å². The van der Waals surface area contributed by atoms with Crippen LogP contribution in [0.2, 0.25) is 0 Å². The number of nitrogens with zero attached hydrogens (tertiary/aromatic N) is 2. The summed E-state index contributed by atoms with van der Waals surface area (Å²) in [7, 11) is -1.92. The Morgan fingerprint density at radius 3 is 2.65 bits per heavy atom. The van der Waals surface area contributed by atoms with Crippen molar-refractivity contribution in [3.63, 3.8) is 0 Å². The molecule has 4 N–H and O–H groups in total. The van der Waals surface area contributed by atoms with Crippen LogP contribution in [0.1, 0.15) is 5.56 Å². The largest absolute Gasteiger partial charge is 0.397 e. The van der Waals surface area contributed by atoms with Crippen LogP contribution in [-0.4, -0.2) is 20.4 Å². The average molecular weight is 292 g/mol. The molecule has 0 aliphatic rings. The summed E-state index contributed by atoms with van der Waals surface area (Å²) in [5.74, 6) is 0. The first-order chi connectivity index (χ1) is 9.38. The standard InChI is InChI=1S/C13H16N4O2S/c1-17(9-10-3-2-6-16-8-10)13-7-11(20(15,18)19)4-5-12(13)14/h2-8H,9,14H2,1H3,(H2,15,18,19). The van der Waals surface area contributed by atoms with Gasteiger partial charge in [-0.2, -0.15) is 0 Å². The Morgan fingerprint density at radius 2 is 2.05 bits per heavy atom. The number of pyridine rings is 1. The number of anilines is 2. The molecule has 20 heavy (non-hydrogen) atoms. The predicted molar refractivity (Wildman–Crippen MR) is 78.6 cm³/mol. The first-order valence-electron chi connectivity index (χ1n) is 5.90. The number of nitrogens with two attached hydrogens (primary N) is 2.